The Morgan fingerprint density at radius 1 is 0.281 bits per heavy atom. The monoisotopic (exact) mass is 1090 g/mol. The quantitative estimate of drug-likeness (QED) is 0.151. The van der Waals surface area contributed by atoms with E-state index in [1.54, 1.807) is 0 Å². The minimum atomic E-state index is 0. The first-order valence-electron chi connectivity index (χ1n) is 3.46. The molecule has 0 aromatic heterocycles. The molecule has 0 aromatic carbocycles. The van der Waals surface area contributed by atoms with Gasteiger partial charge in [-0.05, 0) is 0 Å². The zero-order valence-electron chi connectivity index (χ0n) is 16.7. The summed E-state index contributed by atoms with van der Waals surface area (Å²) in [5.74, 6) is 0. The molecule has 0 aliphatic rings. The van der Waals surface area contributed by atoms with Crippen molar-refractivity contribution in [3.8, 4) is 0 Å². The third-order valence-corrected chi connectivity index (χ3v) is 0. The maximum atomic E-state index is 7.75. The minimum Gasteiger partial charge on any atom is -0.545 e. The molecule has 0 aromatic rings. The van der Waals surface area contributed by atoms with Crippen molar-refractivity contribution in [1.82, 2.24) is 0 Å². The molecule has 11 N–H and O–H groups in total. The average molecular weight is 1090 g/mol. The number of carbonyl (C=O) groups excluding carboxylic acids is 9. The molecule has 0 bridgehead atoms. The largest absolute Gasteiger partial charge is 0.545 e. The molecule has 16 nitrogen and oxygen atoms in total. The van der Waals surface area contributed by atoms with Gasteiger partial charge in [0.05, 0.1) is 0 Å². The van der Waals surface area contributed by atoms with Crippen LogP contribution in [0.4, 0.5) is 0 Å². The first kappa shape index (κ1) is 224. The predicted octanol–water partition coefficient (Wildman–Crippen LogP) is -6.95. The average Bonchev–Trinajstić information content (AvgIpc) is 2.84. The SMILES string of the molecule is CO.CO.CO.O.O.O.O.[CH-]=O.[CH-]=O.[CH-]=O.[CH-]=O.[CH-]=O.[CH-]=O.[CH-]=O.[CH-]=O.[CH-]=O.[Re].[Re].[Re].[Tc]. The molecule has 0 spiro atoms. The van der Waals surface area contributed by atoms with E-state index in [4.69, 9.17) is 58.5 Å². The summed E-state index contributed by atoms with van der Waals surface area (Å²) in [7, 11) is 3.00. The molecule has 0 aliphatic heterocycles. The molecule has 0 unspecified atom stereocenters. The third-order valence-electron chi connectivity index (χ3n) is 0. The van der Waals surface area contributed by atoms with Crippen LogP contribution in [-0.2, 0) is 125 Å². The van der Waals surface area contributed by atoms with Gasteiger partial charge in [-0.2, -0.15) is 0 Å². The Labute approximate surface area is 242 Å². The predicted molar refractivity (Wildman–Crippen MR) is 99.6 cm³/mol. The zero-order chi connectivity index (χ0) is 24.0. The van der Waals surface area contributed by atoms with E-state index in [-0.39, 0.29) is 103 Å². The van der Waals surface area contributed by atoms with Crippen molar-refractivity contribution in [2.24, 2.45) is 0 Å². The van der Waals surface area contributed by atoms with Gasteiger partial charge in [0.2, 0.25) is 0 Å². The molecule has 32 heavy (non-hydrogen) atoms. The topological polar surface area (TPSA) is 340 Å². The Morgan fingerprint density at radius 3 is 0.281 bits per heavy atom. The van der Waals surface area contributed by atoms with Crippen molar-refractivity contribution in [3.05, 3.63) is 0 Å². The van der Waals surface area contributed by atoms with Gasteiger partial charge in [-0.15, -0.1) is 0 Å². The van der Waals surface area contributed by atoms with Crippen LogP contribution in [0.15, 0.2) is 0 Å². The Morgan fingerprint density at radius 2 is 0.281 bits per heavy atom. The summed E-state index contributed by atoms with van der Waals surface area (Å²) in [4.78, 5) is 69.8. The number of rotatable bonds is 0. The first-order valence-corrected chi connectivity index (χ1v) is 3.46. The van der Waals surface area contributed by atoms with Gasteiger partial charge in [0.25, 0.3) is 0 Å². The Balaban J connectivity index is -0.00000000267. The molecule has 0 aliphatic carbocycles. The van der Waals surface area contributed by atoms with Crippen LogP contribution in [0.1, 0.15) is 0 Å². The summed E-state index contributed by atoms with van der Waals surface area (Å²) in [5, 5.41) is 21.0. The molecule has 0 rings (SSSR count). The maximum Gasteiger partial charge on any atom is 0.0319 e. The molecule has 4 radical (unpaired) electrons. The van der Waals surface area contributed by atoms with E-state index >= 15 is 0 Å². The maximum absolute atomic E-state index is 7.75. The van der Waals surface area contributed by atoms with Crippen LogP contribution < -0.4 is 0 Å². The molecular weight excluding hydrogens is 1060 g/mol. The van der Waals surface area contributed by atoms with E-state index in [0.29, 0.717) is 0 Å². The van der Waals surface area contributed by atoms with Gasteiger partial charge in [-0.3, -0.25) is 61.1 Å². The van der Waals surface area contributed by atoms with Gasteiger partial charge in [0.15, 0.2) is 0 Å². The fourth-order valence-electron chi connectivity index (χ4n) is 0. The van der Waals surface area contributed by atoms with E-state index in [1.807, 2.05) is 0 Å². The number of aliphatic hydroxyl groups excluding tert-OH is 3. The minimum absolute atomic E-state index is 0. The van der Waals surface area contributed by atoms with Gasteiger partial charge in [-0.25, -0.2) is 0 Å². The zero-order valence-corrected chi connectivity index (χ0v) is 26.7. The van der Waals surface area contributed by atoms with E-state index in [9.17, 15) is 0 Å². The van der Waals surface area contributed by atoms with E-state index < -0.39 is 0 Å². The van der Waals surface area contributed by atoms with Gasteiger partial charge < -0.3 is 80.4 Å². The van der Waals surface area contributed by atoms with Crippen LogP contribution in [0.5, 0.6) is 0 Å². The second-order valence-electron chi connectivity index (χ2n) is 0. The molecule has 20 heteroatoms. The normalized spacial score (nSPS) is 1.69. The standard InChI is InChI=1S/3CH4O.9CHO.4H2O.3Re.Tc/c12*1-2;;;;;;;;/h3*2H,1H3;9*1H;4*1H2;;;;/q;;;9*-1;;;;;;;;. The van der Waals surface area contributed by atoms with E-state index in [2.05, 4.69) is 61.1 Å². The molecule has 0 atom stereocenters. The first-order chi connectivity index (χ1) is 12.0. The Hall–Kier alpha value is -0.614. The van der Waals surface area contributed by atoms with Crippen molar-refractivity contribution in [2.45, 2.75) is 0 Å². The fourth-order valence-corrected chi connectivity index (χ4v) is 0. The van der Waals surface area contributed by atoms with Crippen molar-refractivity contribution in [3.63, 3.8) is 0 Å². The summed E-state index contributed by atoms with van der Waals surface area (Å²) in [5.41, 5.74) is 0. The van der Waals surface area contributed by atoms with Crippen LogP contribution in [0.3, 0.4) is 0 Å². The third kappa shape index (κ3) is 62900. The van der Waals surface area contributed by atoms with Crippen LogP contribution in [0, 0.1) is 0 Å². The Kier molecular flexibility index (Phi) is 487000. The summed E-state index contributed by atoms with van der Waals surface area (Å²) in [6.45, 7) is 29.2. The second-order valence-corrected chi connectivity index (χ2v) is 0. The number of hydrogen-bond acceptors (Lipinski definition) is 12. The molecule has 0 amide bonds. The molecule has 0 saturated heterocycles. The molecular formula is C12H29O16Re3Tc-9. The second kappa shape index (κ2) is 69700. The van der Waals surface area contributed by atoms with Gasteiger partial charge in [0.1, 0.15) is 0 Å². The number of aliphatic hydroxyl groups is 3. The van der Waals surface area contributed by atoms with Crippen LogP contribution >= 0.6 is 0 Å². The van der Waals surface area contributed by atoms with Crippen molar-refractivity contribution < 1.29 is 162 Å². The summed E-state index contributed by atoms with van der Waals surface area (Å²) >= 11 is 0. The molecule has 210 valence electrons. The van der Waals surface area contributed by atoms with Crippen molar-refractivity contribution in [1.29, 1.82) is 0 Å². The smallest absolute Gasteiger partial charge is 0.0319 e. The Bertz CT molecular complexity index is 76.8. The summed E-state index contributed by atoms with van der Waals surface area (Å²) < 4.78 is 0. The molecule has 0 heterocycles. The van der Waals surface area contributed by atoms with Crippen LogP contribution in [0.25, 0.3) is 0 Å². The van der Waals surface area contributed by atoms with Crippen molar-refractivity contribution >= 4 is 61.1 Å². The van der Waals surface area contributed by atoms with Crippen molar-refractivity contribution in [2.75, 3.05) is 21.3 Å². The summed E-state index contributed by atoms with van der Waals surface area (Å²) in [6.07, 6.45) is 0. The summed E-state index contributed by atoms with van der Waals surface area (Å²) in [6, 6.07) is 0. The van der Waals surface area contributed by atoms with E-state index in [0.717, 1.165) is 21.3 Å². The number of hydrogen-bond donors (Lipinski definition) is 3. The van der Waals surface area contributed by atoms with Gasteiger partial charge in [-0.1, -0.05) is 0 Å². The molecule has 0 saturated carbocycles. The van der Waals surface area contributed by atoms with E-state index in [1.165, 1.54) is 0 Å². The van der Waals surface area contributed by atoms with Gasteiger partial charge in [0, 0.05) is 103 Å². The van der Waals surface area contributed by atoms with Crippen LogP contribution in [0.2, 0.25) is 0 Å². The fraction of sp³-hybridized carbons (Fsp3) is 0.250. The molecule has 0 fully saturated rings. The van der Waals surface area contributed by atoms with Crippen LogP contribution in [-0.4, -0.2) is 120 Å². The van der Waals surface area contributed by atoms with Gasteiger partial charge >= 0.3 is 0 Å².